The molecule has 2 aromatic heterocycles. The molecule has 0 saturated carbocycles. The molecule has 0 N–H and O–H groups in total. The van der Waals surface area contributed by atoms with Crippen molar-refractivity contribution < 1.29 is 4.42 Å². The number of rotatable bonds is 4. The van der Waals surface area contributed by atoms with Crippen molar-refractivity contribution in [2.45, 2.75) is 5.41 Å². The smallest absolute Gasteiger partial charge is 0.135 e. The number of fused-ring (bicyclic) bond motifs is 11. The van der Waals surface area contributed by atoms with E-state index in [1.54, 1.807) is 0 Å². The molecule has 0 spiro atoms. The lowest BCUT2D eigenvalue weighted by Crippen LogP contribution is -2.28. The van der Waals surface area contributed by atoms with Gasteiger partial charge in [0.05, 0.1) is 16.4 Å². The van der Waals surface area contributed by atoms with Crippen LogP contribution in [0.2, 0.25) is 0 Å². The SMILES string of the molecule is c1ccc(C2(c3ccc4c(c3)oc3ccccc34)c3ccccc3-c3c2ccc2c4ccccc4n(-c4cccc(-c5cccc6ccccc56)c4)c32)cc1. The molecule has 9 aromatic carbocycles. The summed E-state index contributed by atoms with van der Waals surface area (Å²) in [6, 6.07) is 73.3. The highest BCUT2D eigenvalue weighted by Crippen LogP contribution is 2.59. The lowest BCUT2D eigenvalue weighted by Gasteiger charge is -2.33. The van der Waals surface area contributed by atoms with Crippen LogP contribution < -0.4 is 0 Å². The zero-order valence-electron chi connectivity index (χ0n) is 29.9. The van der Waals surface area contributed by atoms with Gasteiger partial charge >= 0.3 is 0 Å². The molecular weight excluding hydrogens is 667 g/mol. The van der Waals surface area contributed by atoms with Crippen molar-refractivity contribution in [2.75, 3.05) is 0 Å². The van der Waals surface area contributed by atoms with E-state index in [9.17, 15) is 0 Å². The fourth-order valence-corrected chi connectivity index (χ4v) is 9.81. The molecule has 2 nitrogen and oxygen atoms in total. The standard InChI is InChI=1S/C53H33NO/c1-2-17-36(18-3-1)53(37-28-29-43-42-22-8-11-27-49(42)55-50(43)33-37)46-25-9-6-23-45(46)51-47(53)31-30-44-41-21-7-10-26-48(41)54(52(44)51)38-19-12-16-35(32-38)40-24-13-15-34-14-4-5-20-39(34)40/h1-33H. The lowest BCUT2D eigenvalue weighted by molar-refractivity contribution is 0.665. The topological polar surface area (TPSA) is 18.1 Å². The molecule has 2 heteroatoms. The second-order valence-electron chi connectivity index (χ2n) is 14.8. The van der Waals surface area contributed by atoms with E-state index in [0.29, 0.717) is 0 Å². The van der Waals surface area contributed by atoms with Crippen molar-refractivity contribution in [2.24, 2.45) is 0 Å². The number of para-hydroxylation sites is 2. The van der Waals surface area contributed by atoms with Crippen LogP contribution in [0.1, 0.15) is 22.3 Å². The van der Waals surface area contributed by atoms with Gasteiger partial charge in [0.15, 0.2) is 0 Å². The normalized spacial score (nSPS) is 15.0. The molecule has 0 saturated heterocycles. The third kappa shape index (κ3) is 4.14. The summed E-state index contributed by atoms with van der Waals surface area (Å²) in [5, 5.41) is 7.27. The Hall–Kier alpha value is -7.16. The molecule has 55 heavy (non-hydrogen) atoms. The summed E-state index contributed by atoms with van der Waals surface area (Å²) in [6.07, 6.45) is 0. The minimum Gasteiger partial charge on any atom is -0.456 e. The first kappa shape index (κ1) is 30.3. The molecule has 0 fully saturated rings. The molecule has 1 aliphatic rings. The lowest BCUT2D eigenvalue weighted by atomic mass is 9.67. The summed E-state index contributed by atoms with van der Waals surface area (Å²) in [5.74, 6) is 0. The highest BCUT2D eigenvalue weighted by molar-refractivity contribution is 6.16. The van der Waals surface area contributed by atoms with Gasteiger partial charge in [0.2, 0.25) is 0 Å². The molecule has 11 aromatic rings. The predicted molar refractivity (Wildman–Crippen MR) is 228 cm³/mol. The molecule has 1 aliphatic carbocycles. The highest BCUT2D eigenvalue weighted by Gasteiger charge is 2.47. The summed E-state index contributed by atoms with van der Waals surface area (Å²) in [7, 11) is 0. The Balaban J connectivity index is 1.20. The second-order valence-corrected chi connectivity index (χ2v) is 14.8. The van der Waals surface area contributed by atoms with Crippen molar-refractivity contribution in [1.82, 2.24) is 4.57 Å². The predicted octanol–water partition coefficient (Wildman–Crippen LogP) is 13.9. The summed E-state index contributed by atoms with van der Waals surface area (Å²) >= 11 is 0. The van der Waals surface area contributed by atoms with Gasteiger partial charge in [-0.1, -0.05) is 170 Å². The van der Waals surface area contributed by atoms with Crippen LogP contribution in [0.25, 0.3) is 82.5 Å². The van der Waals surface area contributed by atoms with Crippen LogP contribution in [0.15, 0.2) is 205 Å². The summed E-state index contributed by atoms with van der Waals surface area (Å²) in [5.41, 5.74) is 14.7. The minimum atomic E-state index is -0.583. The molecule has 1 unspecified atom stereocenters. The Kier molecular flexibility index (Phi) is 6.29. The van der Waals surface area contributed by atoms with Gasteiger partial charge < -0.3 is 8.98 Å². The van der Waals surface area contributed by atoms with Crippen molar-refractivity contribution >= 4 is 54.5 Å². The molecular formula is C53H33NO. The van der Waals surface area contributed by atoms with Gasteiger partial charge in [-0.05, 0) is 80.0 Å². The van der Waals surface area contributed by atoms with Gasteiger partial charge in [0.25, 0.3) is 0 Å². The first-order valence-corrected chi connectivity index (χ1v) is 19.0. The van der Waals surface area contributed by atoms with E-state index < -0.39 is 5.41 Å². The van der Waals surface area contributed by atoms with E-state index in [0.717, 1.165) is 27.6 Å². The van der Waals surface area contributed by atoms with Crippen LogP contribution >= 0.6 is 0 Å². The maximum Gasteiger partial charge on any atom is 0.135 e. The molecule has 12 rings (SSSR count). The van der Waals surface area contributed by atoms with Crippen LogP contribution in [0.4, 0.5) is 0 Å². The van der Waals surface area contributed by atoms with Crippen molar-refractivity contribution in [1.29, 1.82) is 0 Å². The monoisotopic (exact) mass is 699 g/mol. The number of furan rings is 1. The maximum absolute atomic E-state index is 6.57. The van der Waals surface area contributed by atoms with Crippen LogP contribution in [0, 0.1) is 0 Å². The fraction of sp³-hybridized carbons (Fsp3) is 0.0189. The van der Waals surface area contributed by atoms with E-state index >= 15 is 0 Å². The quantitative estimate of drug-likeness (QED) is 0.179. The number of aromatic nitrogens is 1. The van der Waals surface area contributed by atoms with Crippen LogP contribution in [-0.2, 0) is 5.41 Å². The third-order valence-electron chi connectivity index (χ3n) is 12.1. The van der Waals surface area contributed by atoms with Gasteiger partial charge in [0, 0.05) is 32.8 Å². The average Bonchev–Trinajstić information content (AvgIpc) is 3.90. The van der Waals surface area contributed by atoms with Gasteiger partial charge in [-0.3, -0.25) is 0 Å². The van der Waals surface area contributed by atoms with Crippen LogP contribution in [0.5, 0.6) is 0 Å². The number of hydrogen-bond donors (Lipinski definition) is 0. The number of nitrogens with zero attached hydrogens (tertiary/aromatic N) is 1. The largest absolute Gasteiger partial charge is 0.456 e. The first-order valence-electron chi connectivity index (χ1n) is 19.0. The maximum atomic E-state index is 6.57. The molecule has 256 valence electrons. The molecule has 1 atom stereocenters. The second kappa shape index (κ2) is 11.4. The Labute approximate surface area is 318 Å². The molecule has 0 radical (unpaired) electrons. The Morgan fingerprint density at radius 2 is 1.09 bits per heavy atom. The molecule has 2 heterocycles. The van der Waals surface area contributed by atoms with Crippen molar-refractivity contribution in [3.8, 4) is 27.9 Å². The van der Waals surface area contributed by atoms with Gasteiger partial charge in [-0.25, -0.2) is 0 Å². The first-order chi connectivity index (χ1) is 27.3. The van der Waals surface area contributed by atoms with E-state index in [4.69, 9.17) is 4.42 Å². The minimum absolute atomic E-state index is 0.583. The summed E-state index contributed by atoms with van der Waals surface area (Å²) in [4.78, 5) is 0. The number of hydrogen-bond acceptors (Lipinski definition) is 1. The highest BCUT2D eigenvalue weighted by atomic mass is 16.3. The van der Waals surface area contributed by atoms with Crippen LogP contribution in [-0.4, -0.2) is 4.57 Å². The zero-order valence-corrected chi connectivity index (χ0v) is 29.9. The van der Waals surface area contributed by atoms with E-state index in [1.165, 1.54) is 77.1 Å². The Morgan fingerprint density at radius 1 is 0.400 bits per heavy atom. The Morgan fingerprint density at radius 3 is 2.02 bits per heavy atom. The molecule has 0 amide bonds. The zero-order chi connectivity index (χ0) is 36.1. The van der Waals surface area contributed by atoms with Crippen molar-refractivity contribution in [3.63, 3.8) is 0 Å². The fourth-order valence-electron chi connectivity index (χ4n) is 9.81. The van der Waals surface area contributed by atoms with E-state index in [2.05, 4.69) is 199 Å². The van der Waals surface area contributed by atoms with Gasteiger partial charge in [-0.15, -0.1) is 0 Å². The van der Waals surface area contributed by atoms with E-state index in [-0.39, 0.29) is 0 Å². The van der Waals surface area contributed by atoms with E-state index in [1.807, 2.05) is 6.07 Å². The number of benzene rings is 9. The van der Waals surface area contributed by atoms with Crippen molar-refractivity contribution in [3.05, 3.63) is 222 Å². The molecule has 0 aliphatic heterocycles. The summed E-state index contributed by atoms with van der Waals surface area (Å²) < 4.78 is 9.08. The Bertz CT molecular complexity index is 3320. The average molecular weight is 700 g/mol. The summed E-state index contributed by atoms with van der Waals surface area (Å²) in [6.45, 7) is 0. The van der Waals surface area contributed by atoms with Gasteiger partial charge in [0.1, 0.15) is 11.2 Å². The molecule has 0 bridgehead atoms. The van der Waals surface area contributed by atoms with Gasteiger partial charge in [-0.2, -0.15) is 0 Å². The third-order valence-corrected chi connectivity index (χ3v) is 12.1. The van der Waals surface area contributed by atoms with Crippen LogP contribution in [0.3, 0.4) is 0 Å².